The molecule has 1 aliphatic rings. The smallest absolute Gasteiger partial charge is 0.246 e. The highest BCUT2D eigenvalue weighted by atomic mass is 16.2. The van der Waals surface area contributed by atoms with E-state index in [4.69, 9.17) is 5.73 Å². The van der Waals surface area contributed by atoms with Gasteiger partial charge in [0.05, 0.1) is 18.9 Å². The molecule has 230 valence electrons. The van der Waals surface area contributed by atoms with Crippen molar-refractivity contribution in [2.45, 2.75) is 56.7 Å². The minimum Gasteiger partial charge on any atom is -0.336 e. The van der Waals surface area contributed by atoms with Gasteiger partial charge in [-0.1, -0.05) is 60.7 Å². The highest BCUT2D eigenvalue weighted by Gasteiger charge is 2.27. The van der Waals surface area contributed by atoms with Crippen molar-refractivity contribution in [3.05, 3.63) is 90.5 Å². The minimum atomic E-state index is -0.705. The van der Waals surface area contributed by atoms with Crippen molar-refractivity contribution in [1.29, 1.82) is 0 Å². The third-order valence-electron chi connectivity index (χ3n) is 8.21. The van der Waals surface area contributed by atoms with Crippen molar-refractivity contribution < 1.29 is 14.4 Å². The van der Waals surface area contributed by atoms with Gasteiger partial charge in [0.15, 0.2) is 0 Å². The Morgan fingerprint density at radius 3 is 2.33 bits per heavy atom. The summed E-state index contributed by atoms with van der Waals surface area (Å²) in [7, 11) is 2.10. The van der Waals surface area contributed by atoms with Crippen molar-refractivity contribution in [3.63, 3.8) is 0 Å². The number of nitrogens with two attached hydrogens (primary N) is 1. The van der Waals surface area contributed by atoms with E-state index in [9.17, 15) is 14.4 Å². The van der Waals surface area contributed by atoms with Gasteiger partial charge in [-0.05, 0) is 63.4 Å². The third-order valence-corrected chi connectivity index (χ3v) is 8.21. The number of nitrogens with zero attached hydrogens (tertiary/aromatic N) is 4. The molecule has 3 aromatic rings. The van der Waals surface area contributed by atoms with E-state index in [0.717, 1.165) is 32.2 Å². The number of imidazole rings is 1. The first-order chi connectivity index (χ1) is 20.9. The predicted molar refractivity (Wildman–Crippen MR) is 167 cm³/mol. The maximum atomic E-state index is 13.3. The van der Waals surface area contributed by atoms with Crippen LogP contribution >= 0.6 is 0 Å². The fourth-order valence-corrected chi connectivity index (χ4v) is 5.75. The molecule has 4 N–H and O–H groups in total. The van der Waals surface area contributed by atoms with E-state index >= 15 is 0 Å². The second kappa shape index (κ2) is 16.7. The molecule has 0 aliphatic carbocycles. The molecule has 0 spiro atoms. The molecule has 1 fully saturated rings. The maximum Gasteiger partial charge on any atom is 0.246 e. The topological polar surface area (TPSA) is 126 Å². The molecule has 2 atom stereocenters. The zero-order valence-corrected chi connectivity index (χ0v) is 25.1. The summed E-state index contributed by atoms with van der Waals surface area (Å²) in [5.41, 5.74) is 8.74. The Hall–Kier alpha value is -3.86. The minimum absolute atomic E-state index is 0.000553. The fraction of sp³-hybridized carbons (Fsp3) is 0.455. The van der Waals surface area contributed by atoms with Gasteiger partial charge >= 0.3 is 0 Å². The van der Waals surface area contributed by atoms with Crippen LogP contribution in [0.15, 0.2) is 79.4 Å². The van der Waals surface area contributed by atoms with Crippen LogP contribution in [-0.4, -0.2) is 88.9 Å². The lowest BCUT2D eigenvalue weighted by atomic mass is 9.88. The quantitative estimate of drug-likeness (QED) is 0.220. The number of benzene rings is 2. The number of likely N-dealkylation sites (tertiary alicyclic amines) is 1. The third kappa shape index (κ3) is 10.1. The summed E-state index contributed by atoms with van der Waals surface area (Å²) in [5.74, 6) is -1.06. The molecule has 0 unspecified atom stereocenters. The van der Waals surface area contributed by atoms with E-state index in [1.165, 1.54) is 16.0 Å². The molecule has 0 bridgehead atoms. The van der Waals surface area contributed by atoms with E-state index < -0.39 is 17.9 Å². The molecule has 1 aromatic heterocycles. The van der Waals surface area contributed by atoms with Crippen LogP contribution in [-0.2, 0) is 20.9 Å². The number of hydrogen-bond acceptors (Lipinski definition) is 7. The Kier molecular flexibility index (Phi) is 12.4. The fourth-order valence-electron chi connectivity index (χ4n) is 5.75. The van der Waals surface area contributed by atoms with E-state index in [1.807, 2.05) is 41.0 Å². The van der Waals surface area contributed by atoms with Crippen LogP contribution in [0.1, 0.15) is 49.1 Å². The van der Waals surface area contributed by atoms with Crippen LogP contribution in [0.3, 0.4) is 0 Å². The maximum absolute atomic E-state index is 13.3. The van der Waals surface area contributed by atoms with Gasteiger partial charge in [-0.25, -0.2) is 4.98 Å². The predicted octanol–water partition coefficient (Wildman–Crippen LogP) is 2.37. The Labute approximate surface area is 254 Å². The number of rotatable bonds is 16. The highest BCUT2D eigenvalue weighted by molar-refractivity contribution is 5.98. The van der Waals surface area contributed by atoms with Gasteiger partial charge < -0.3 is 25.4 Å². The normalized spacial score (nSPS) is 15.8. The monoisotopic (exact) mass is 587 g/mol. The molecule has 1 saturated heterocycles. The summed E-state index contributed by atoms with van der Waals surface area (Å²) in [5, 5.41) is 5.60. The first kappa shape index (κ1) is 32.1. The van der Waals surface area contributed by atoms with Crippen LogP contribution in [0.2, 0.25) is 0 Å². The lowest BCUT2D eigenvalue weighted by Crippen LogP contribution is -2.50. The molecule has 2 heterocycles. The second-order valence-corrected chi connectivity index (χ2v) is 11.3. The summed E-state index contributed by atoms with van der Waals surface area (Å²) in [6.45, 7) is 2.17. The van der Waals surface area contributed by atoms with Crippen molar-refractivity contribution in [1.82, 2.24) is 30.0 Å². The Bertz CT molecular complexity index is 1230. The number of hydrogen-bond donors (Lipinski definition) is 3. The van der Waals surface area contributed by atoms with Gasteiger partial charge in [0.25, 0.3) is 0 Å². The zero-order chi connectivity index (χ0) is 30.4. The summed E-state index contributed by atoms with van der Waals surface area (Å²) >= 11 is 0. The van der Waals surface area contributed by atoms with Crippen molar-refractivity contribution in [3.8, 4) is 0 Å². The summed E-state index contributed by atoms with van der Waals surface area (Å²) < 4.78 is 1.84. The molecule has 0 saturated carbocycles. The first-order valence-corrected chi connectivity index (χ1v) is 15.2. The molecule has 10 nitrogen and oxygen atoms in total. The SMILES string of the molecule is CN1CCC[C@@H]1CC[C@H](N)C(=O)N(CCn1ccnc1)CC(=O)NC(=O)CNCCC(c1ccccc1)c1ccccc1. The molecule has 1 aliphatic heterocycles. The molecule has 3 amide bonds. The Morgan fingerprint density at radius 2 is 1.72 bits per heavy atom. The van der Waals surface area contributed by atoms with Gasteiger partial charge in [-0.3, -0.25) is 19.7 Å². The average molecular weight is 588 g/mol. The molecule has 2 aromatic carbocycles. The second-order valence-electron chi connectivity index (χ2n) is 11.3. The van der Waals surface area contributed by atoms with E-state index in [2.05, 4.69) is 51.8 Å². The van der Waals surface area contributed by atoms with Gasteiger partial charge in [-0.15, -0.1) is 0 Å². The zero-order valence-electron chi connectivity index (χ0n) is 25.1. The Balaban J connectivity index is 1.25. The standard InChI is InChI=1S/C33H45N7O3/c1-38-19-8-13-28(38)14-15-30(34)33(43)40(22-21-39-20-18-36-25-39)24-32(42)37-31(41)23-35-17-16-29(26-9-4-2-5-10-26)27-11-6-3-7-12-27/h2-7,9-12,18,20,25,28-30,35H,8,13-17,19,21-24,34H2,1H3,(H,37,41,42)/t28-,30+/m1/s1. The number of amides is 3. The molecular formula is C33H45N7O3. The van der Waals surface area contributed by atoms with Gasteiger partial charge in [0.2, 0.25) is 17.7 Å². The Morgan fingerprint density at radius 1 is 1.02 bits per heavy atom. The van der Waals surface area contributed by atoms with Crippen LogP contribution in [0.4, 0.5) is 0 Å². The number of aromatic nitrogens is 2. The largest absolute Gasteiger partial charge is 0.336 e. The van der Waals surface area contributed by atoms with Crippen LogP contribution in [0.25, 0.3) is 0 Å². The number of carbonyl (C=O) groups excluding carboxylic acids is 3. The lowest BCUT2D eigenvalue weighted by Gasteiger charge is -2.27. The van der Waals surface area contributed by atoms with Gasteiger partial charge in [0, 0.05) is 37.4 Å². The van der Waals surface area contributed by atoms with E-state index in [0.29, 0.717) is 25.6 Å². The summed E-state index contributed by atoms with van der Waals surface area (Å²) in [6, 6.07) is 20.3. The van der Waals surface area contributed by atoms with Crippen LogP contribution in [0, 0.1) is 0 Å². The molecular weight excluding hydrogens is 542 g/mol. The van der Waals surface area contributed by atoms with Crippen LogP contribution < -0.4 is 16.4 Å². The van der Waals surface area contributed by atoms with Crippen molar-refractivity contribution >= 4 is 17.7 Å². The molecule has 10 heteroatoms. The van der Waals surface area contributed by atoms with Crippen molar-refractivity contribution in [2.24, 2.45) is 5.73 Å². The summed E-state index contributed by atoms with van der Waals surface area (Å²) in [4.78, 5) is 46.6. The average Bonchev–Trinajstić information content (AvgIpc) is 3.70. The molecule has 4 rings (SSSR count). The summed E-state index contributed by atoms with van der Waals surface area (Å²) in [6.07, 6.45) is 9.57. The lowest BCUT2D eigenvalue weighted by molar-refractivity contribution is -0.139. The number of imide groups is 1. The van der Waals surface area contributed by atoms with E-state index in [-0.39, 0.29) is 31.5 Å². The molecule has 0 radical (unpaired) electrons. The van der Waals surface area contributed by atoms with Crippen LogP contribution in [0.5, 0.6) is 0 Å². The first-order valence-electron chi connectivity index (χ1n) is 15.2. The van der Waals surface area contributed by atoms with Gasteiger partial charge in [-0.2, -0.15) is 0 Å². The number of nitrogens with one attached hydrogen (secondary N) is 2. The number of carbonyl (C=O) groups is 3. The molecule has 43 heavy (non-hydrogen) atoms. The highest BCUT2D eigenvalue weighted by Crippen LogP contribution is 2.27. The van der Waals surface area contributed by atoms with E-state index in [1.54, 1.807) is 18.7 Å². The van der Waals surface area contributed by atoms with Gasteiger partial charge in [0.1, 0.15) is 6.54 Å². The van der Waals surface area contributed by atoms with Crippen molar-refractivity contribution in [2.75, 3.05) is 39.8 Å².